The monoisotopic (exact) mass is 280 g/mol. The van der Waals surface area contributed by atoms with E-state index in [9.17, 15) is 4.79 Å². The van der Waals surface area contributed by atoms with E-state index in [4.69, 9.17) is 9.47 Å². The van der Waals surface area contributed by atoms with E-state index in [0.29, 0.717) is 6.61 Å². The van der Waals surface area contributed by atoms with Gasteiger partial charge in [0.1, 0.15) is 6.10 Å². The molecule has 0 saturated carbocycles. The van der Waals surface area contributed by atoms with Crippen molar-refractivity contribution in [3.8, 4) is 0 Å². The van der Waals surface area contributed by atoms with Gasteiger partial charge in [-0.05, 0) is 26.0 Å². The van der Waals surface area contributed by atoms with E-state index >= 15 is 0 Å². The first kappa shape index (κ1) is 14.4. The Morgan fingerprint density at radius 2 is 2.05 bits per heavy atom. The third kappa shape index (κ3) is 3.98. The number of rotatable bonds is 3. The zero-order valence-corrected chi connectivity index (χ0v) is 12.4. The third-order valence-corrected chi connectivity index (χ3v) is 4.84. The molecule has 3 nitrogen and oxygen atoms in total. The highest BCUT2D eigenvalue weighted by atomic mass is 32.2. The molecule has 1 aliphatic heterocycles. The van der Waals surface area contributed by atoms with Crippen molar-refractivity contribution in [3.05, 3.63) is 30.3 Å². The van der Waals surface area contributed by atoms with Crippen molar-refractivity contribution >= 4 is 17.7 Å². The zero-order chi connectivity index (χ0) is 13.9. The lowest BCUT2D eigenvalue weighted by molar-refractivity contribution is -0.161. The van der Waals surface area contributed by atoms with E-state index in [1.165, 1.54) is 11.8 Å². The molecule has 0 aliphatic carbocycles. The molecule has 0 amide bonds. The zero-order valence-electron chi connectivity index (χ0n) is 11.6. The summed E-state index contributed by atoms with van der Waals surface area (Å²) in [6.45, 7) is 6.12. The second kappa shape index (κ2) is 5.97. The topological polar surface area (TPSA) is 35.5 Å². The molecule has 4 heteroatoms. The van der Waals surface area contributed by atoms with Crippen molar-refractivity contribution < 1.29 is 14.3 Å². The molecule has 0 aromatic heterocycles. The standard InChI is InChI=1S/C15H20O3S/c1-11(16)18-12-9-14(15(2,3)17-10-12)19-13-7-5-4-6-8-13/h4-8,12,14H,9-10H2,1-3H3/t12-,14-/m1/s1. The van der Waals surface area contributed by atoms with Crippen LogP contribution in [0, 0.1) is 0 Å². The third-order valence-electron chi connectivity index (χ3n) is 3.25. The van der Waals surface area contributed by atoms with Crippen LogP contribution in [0.4, 0.5) is 0 Å². The predicted octanol–water partition coefficient (Wildman–Crippen LogP) is 3.28. The summed E-state index contributed by atoms with van der Waals surface area (Å²) >= 11 is 1.79. The number of thioether (sulfide) groups is 1. The largest absolute Gasteiger partial charge is 0.460 e. The molecule has 0 unspecified atom stereocenters. The highest BCUT2D eigenvalue weighted by Crippen LogP contribution is 2.38. The maximum atomic E-state index is 11.1. The molecule has 1 aliphatic rings. The fourth-order valence-electron chi connectivity index (χ4n) is 2.16. The summed E-state index contributed by atoms with van der Waals surface area (Å²) in [7, 11) is 0. The van der Waals surface area contributed by atoms with Gasteiger partial charge < -0.3 is 9.47 Å². The van der Waals surface area contributed by atoms with Crippen LogP contribution >= 0.6 is 11.8 Å². The van der Waals surface area contributed by atoms with Crippen LogP contribution in [0.15, 0.2) is 35.2 Å². The second-order valence-corrected chi connectivity index (χ2v) is 6.58. The fraction of sp³-hybridized carbons (Fsp3) is 0.533. The Bertz CT molecular complexity index is 430. The van der Waals surface area contributed by atoms with Gasteiger partial charge in [0.05, 0.1) is 12.2 Å². The molecule has 1 saturated heterocycles. The van der Waals surface area contributed by atoms with E-state index in [1.54, 1.807) is 11.8 Å². The van der Waals surface area contributed by atoms with Gasteiger partial charge in [0, 0.05) is 23.5 Å². The Labute approximate surface area is 118 Å². The number of carbonyl (C=O) groups excluding carboxylic acids is 1. The van der Waals surface area contributed by atoms with Crippen LogP contribution in [0.1, 0.15) is 27.2 Å². The first-order valence-electron chi connectivity index (χ1n) is 6.50. The first-order valence-corrected chi connectivity index (χ1v) is 7.38. The molecular formula is C15H20O3S. The van der Waals surface area contributed by atoms with E-state index in [-0.39, 0.29) is 22.9 Å². The molecule has 104 valence electrons. The number of benzene rings is 1. The summed E-state index contributed by atoms with van der Waals surface area (Å²) < 4.78 is 11.1. The molecule has 2 atom stereocenters. The quantitative estimate of drug-likeness (QED) is 0.796. The van der Waals surface area contributed by atoms with Crippen LogP contribution in [0.25, 0.3) is 0 Å². The molecule has 1 heterocycles. The minimum absolute atomic E-state index is 0.133. The van der Waals surface area contributed by atoms with Crippen molar-refractivity contribution in [2.24, 2.45) is 0 Å². The van der Waals surface area contributed by atoms with Crippen LogP contribution in [-0.2, 0) is 14.3 Å². The molecule has 1 aromatic rings. The van der Waals surface area contributed by atoms with Crippen molar-refractivity contribution in [3.63, 3.8) is 0 Å². The Kier molecular flexibility index (Phi) is 4.53. The van der Waals surface area contributed by atoms with Crippen LogP contribution in [0.2, 0.25) is 0 Å². The molecule has 0 spiro atoms. The molecule has 2 rings (SSSR count). The van der Waals surface area contributed by atoms with Crippen molar-refractivity contribution in [1.82, 2.24) is 0 Å². The average molecular weight is 280 g/mol. The fourth-order valence-corrected chi connectivity index (χ4v) is 3.47. The summed E-state index contributed by atoms with van der Waals surface area (Å²) in [5.41, 5.74) is -0.211. The average Bonchev–Trinajstić information content (AvgIpc) is 2.34. The lowest BCUT2D eigenvalue weighted by Crippen LogP contribution is -2.47. The molecule has 0 radical (unpaired) electrons. The molecule has 0 bridgehead atoms. The van der Waals surface area contributed by atoms with E-state index in [1.807, 2.05) is 18.2 Å². The van der Waals surface area contributed by atoms with Crippen molar-refractivity contribution in [1.29, 1.82) is 0 Å². The van der Waals surface area contributed by atoms with Crippen LogP contribution in [0.3, 0.4) is 0 Å². The number of hydrogen-bond acceptors (Lipinski definition) is 4. The van der Waals surface area contributed by atoms with Crippen LogP contribution in [-0.4, -0.2) is 29.5 Å². The minimum Gasteiger partial charge on any atom is -0.460 e. The summed E-state index contributed by atoms with van der Waals surface area (Å²) in [4.78, 5) is 12.3. The molecule has 1 fully saturated rings. The summed E-state index contributed by atoms with van der Waals surface area (Å²) in [5, 5.41) is 0.271. The number of ether oxygens (including phenoxy) is 2. The highest BCUT2D eigenvalue weighted by Gasteiger charge is 2.39. The maximum absolute atomic E-state index is 11.1. The summed E-state index contributed by atoms with van der Waals surface area (Å²) in [5.74, 6) is -0.239. The lowest BCUT2D eigenvalue weighted by atomic mass is 9.96. The van der Waals surface area contributed by atoms with Gasteiger partial charge in [0.25, 0.3) is 0 Å². The van der Waals surface area contributed by atoms with Gasteiger partial charge in [-0.25, -0.2) is 0 Å². The van der Waals surface area contributed by atoms with Crippen molar-refractivity contribution in [2.75, 3.05) is 6.61 Å². The van der Waals surface area contributed by atoms with Gasteiger partial charge in [0.15, 0.2) is 0 Å². The van der Waals surface area contributed by atoms with Gasteiger partial charge >= 0.3 is 5.97 Å². The SMILES string of the molecule is CC(=O)O[C@H]1COC(C)(C)[C@H](Sc2ccccc2)C1. The van der Waals surface area contributed by atoms with Crippen LogP contribution < -0.4 is 0 Å². The summed E-state index contributed by atoms with van der Waals surface area (Å²) in [6, 6.07) is 10.3. The summed E-state index contributed by atoms with van der Waals surface area (Å²) in [6.07, 6.45) is 0.693. The van der Waals surface area contributed by atoms with Gasteiger partial charge in [-0.3, -0.25) is 4.79 Å². The number of carbonyl (C=O) groups is 1. The number of hydrogen-bond donors (Lipinski definition) is 0. The van der Waals surface area contributed by atoms with E-state index in [2.05, 4.69) is 26.0 Å². The molecule has 19 heavy (non-hydrogen) atoms. The number of esters is 1. The molecule has 0 N–H and O–H groups in total. The smallest absolute Gasteiger partial charge is 0.302 e. The van der Waals surface area contributed by atoms with E-state index in [0.717, 1.165) is 6.42 Å². The predicted molar refractivity (Wildman–Crippen MR) is 76.3 cm³/mol. The Morgan fingerprint density at radius 3 is 2.68 bits per heavy atom. The van der Waals surface area contributed by atoms with Gasteiger partial charge in [-0.15, -0.1) is 11.8 Å². The van der Waals surface area contributed by atoms with E-state index < -0.39 is 0 Å². The lowest BCUT2D eigenvalue weighted by Gasteiger charge is -2.41. The van der Waals surface area contributed by atoms with Gasteiger partial charge in [-0.2, -0.15) is 0 Å². The Morgan fingerprint density at radius 1 is 1.37 bits per heavy atom. The maximum Gasteiger partial charge on any atom is 0.302 e. The molecule has 1 aromatic carbocycles. The normalized spacial score (nSPS) is 25.8. The van der Waals surface area contributed by atoms with Gasteiger partial charge in [0.2, 0.25) is 0 Å². The highest BCUT2D eigenvalue weighted by molar-refractivity contribution is 8.00. The Balaban J connectivity index is 2.04. The molecular weight excluding hydrogens is 260 g/mol. The second-order valence-electron chi connectivity index (χ2n) is 5.30. The van der Waals surface area contributed by atoms with Crippen molar-refractivity contribution in [2.45, 2.75) is 49.0 Å². The first-order chi connectivity index (χ1) is 8.97. The minimum atomic E-state index is -0.239. The van der Waals surface area contributed by atoms with Gasteiger partial charge in [-0.1, -0.05) is 18.2 Å². The van der Waals surface area contributed by atoms with Crippen LogP contribution in [0.5, 0.6) is 0 Å². The Hall–Kier alpha value is -1.00.